The van der Waals surface area contributed by atoms with E-state index in [1.165, 1.54) is 7.11 Å². The molecule has 1 aromatic rings. The second-order valence-corrected chi connectivity index (χ2v) is 4.95. The normalized spacial score (nSPS) is 20.5. The van der Waals surface area contributed by atoms with Crippen molar-refractivity contribution in [1.29, 1.82) is 0 Å². The van der Waals surface area contributed by atoms with Crippen molar-refractivity contribution in [1.82, 2.24) is 5.32 Å². The predicted octanol–water partition coefficient (Wildman–Crippen LogP) is 2.91. The van der Waals surface area contributed by atoms with E-state index in [1.54, 1.807) is 12.1 Å². The van der Waals surface area contributed by atoms with Crippen molar-refractivity contribution < 1.29 is 13.9 Å². The van der Waals surface area contributed by atoms with Crippen LogP contribution in [-0.2, 0) is 4.74 Å². The molecule has 4 heteroatoms. The van der Waals surface area contributed by atoms with Gasteiger partial charge in [-0.25, -0.2) is 4.39 Å². The Balaban J connectivity index is 2.18. The van der Waals surface area contributed by atoms with E-state index in [0.717, 1.165) is 38.2 Å². The van der Waals surface area contributed by atoms with Gasteiger partial charge in [-0.2, -0.15) is 0 Å². The standard InChI is InChI=1S/C15H22FNO2/c1-3-7-17-15(12-6-8-19-10-12)11-4-5-14(18-2)13(16)9-11/h4-5,9,12,15,17H,3,6-8,10H2,1-2H3. The average Bonchev–Trinajstić information content (AvgIpc) is 2.93. The number of hydrogen-bond donors (Lipinski definition) is 1. The van der Waals surface area contributed by atoms with Gasteiger partial charge in [0.05, 0.1) is 13.7 Å². The Kier molecular flexibility index (Phi) is 5.16. The quantitative estimate of drug-likeness (QED) is 0.859. The van der Waals surface area contributed by atoms with Crippen molar-refractivity contribution >= 4 is 0 Å². The van der Waals surface area contributed by atoms with E-state index in [9.17, 15) is 4.39 Å². The molecule has 2 unspecified atom stereocenters. The van der Waals surface area contributed by atoms with E-state index >= 15 is 0 Å². The smallest absolute Gasteiger partial charge is 0.165 e. The first kappa shape index (κ1) is 14.3. The maximum atomic E-state index is 13.8. The molecular weight excluding hydrogens is 245 g/mol. The molecule has 2 rings (SSSR count). The van der Waals surface area contributed by atoms with Gasteiger partial charge in [0.1, 0.15) is 0 Å². The minimum Gasteiger partial charge on any atom is -0.494 e. The second kappa shape index (κ2) is 6.87. The van der Waals surface area contributed by atoms with Crippen LogP contribution in [0, 0.1) is 11.7 Å². The van der Waals surface area contributed by atoms with Crippen LogP contribution in [0.2, 0.25) is 0 Å². The third kappa shape index (κ3) is 3.45. The fourth-order valence-corrected chi connectivity index (χ4v) is 2.55. The van der Waals surface area contributed by atoms with Crippen LogP contribution in [0.5, 0.6) is 5.75 Å². The maximum absolute atomic E-state index is 13.8. The van der Waals surface area contributed by atoms with Gasteiger partial charge in [-0.05, 0) is 37.1 Å². The summed E-state index contributed by atoms with van der Waals surface area (Å²) >= 11 is 0. The first-order valence-corrected chi connectivity index (χ1v) is 6.90. The molecule has 0 saturated carbocycles. The molecule has 2 atom stereocenters. The Bertz CT molecular complexity index is 405. The molecule has 1 heterocycles. The number of halogens is 1. The van der Waals surface area contributed by atoms with Gasteiger partial charge in [0.25, 0.3) is 0 Å². The average molecular weight is 267 g/mol. The van der Waals surface area contributed by atoms with Crippen molar-refractivity contribution in [2.45, 2.75) is 25.8 Å². The lowest BCUT2D eigenvalue weighted by Crippen LogP contribution is -2.29. The van der Waals surface area contributed by atoms with Crippen LogP contribution in [0.1, 0.15) is 31.4 Å². The Morgan fingerprint density at radius 3 is 2.95 bits per heavy atom. The summed E-state index contributed by atoms with van der Waals surface area (Å²) in [6.07, 6.45) is 2.08. The van der Waals surface area contributed by atoms with Gasteiger partial charge < -0.3 is 14.8 Å². The molecule has 1 fully saturated rings. The van der Waals surface area contributed by atoms with Gasteiger partial charge in [0.15, 0.2) is 11.6 Å². The zero-order valence-corrected chi connectivity index (χ0v) is 11.6. The second-order valence-electron chi connectivity index (χ2n) is 4.95. The molecule has 1 aliphatic rings. The lowest BCUT2D eigenvalue weighted by Gasteiger charge is -2.24. The summed E-state index contributed by atoms with van der Waals surface area (Å²) in [5, 5.41) is 3.50. The molecule has 0 radical (unpaired) electrons. The molecule has 0 aliphatic carbocycles. The van der Waals surface area contributed by atoms with Crippen molar-refractivity contribution in [3.8, 4) is 5.75 Å². The van der Waals surface area contributed by atoms with E-state index in [1.807, 2.05) is 6.07 Å². The Labute approximate surface area is 114 Å². The third-order valence-electron chi connectivity index (χ3n) is 3.59. The maximum Gasteiger partial charge on any atom is 0.165 e. The van der Waals surface area contributed by atoms with Crippen LogP contribution >= 0.6 is 0 Å². The zero-order chi connectivity index (χ0) is 13.7. The van der Waals surface area contributed by atoms with Crippen LogP contribution in [0.4, 0.5) is 4.39 Å². The molecule has 0 bridgehead atoms. The highest BCUT2D eigenvalue weighted by atomic mass is 19.1. The van der Waals surface area contributed by atoms with Gasteiger partial charge >= 0.3 is 0 Å². The Morgan fingerprint density at radius 1 is 1.53 bits per heavy atom. The van der Waals surface area contributed by atoms with Crippen molar-refractivity contribution in [3.63, 3.8) is 0 Å². The van der Waals surface area contributed by atoms with Crippen molar-refractivity contribution in [2.75, 3.05) is 26.9 Å². The molecule has 1 aliphatic heterocycles. The third-order valence-corrected chi connectivity index (χ3v) is 3.59. The van der Waals surface area contributed by atoms with E-state index in [4.69, 9.17) is 9.47 Å². The Morgan fingerprint density at radius 2 is 2.37 bits per heavy atom. The number of ether oxygens (including phenoxy) is 2. The van der Waals surface area contributed by atoms with Crippen LogP contribution < -0.4 is 10.1 Å². The molecule has 1 aromatic carbocycles. The number of benzene rings is 1. The van der Waals surface area contributed by atoms with Gasteiger partial charge in [0.2, 0.25) is 0 Å². The molecule has 106 valence electrons. The first-order valence-electron chi connectivity index (χ1n) is 6.90. The van der Waals surface area contributed by atoms with Gasteiger partial charge in [0, 0.05) is 18.6 Å². The lowest BCUT2D eigenvalue weighted by molar-refractivity contribution is 0.176. The molecule has 0 aromatic heterocycles. The van der Waals surface area contributed by atoms with Crippen LogP contribution in [0.3, 0.4) is 0 Å². The molecule has 19 heavy (non-hydrogen) atoms. The fraction of sp³-hybridized carbons (Fsp3) is 0.600. The van der Waals surface area contributed by atoms with E-state index < -0.39 is 0 Å². The minimum atomic E-state index is -0.304. The molecular formula is C15H22FNO2. The monoisotopic (exact) mass is 267 g/mol. The highest BCUT2D eigenvalue weighted by Crippen LogP contribution is 2.31. The van der Waals surface area contributed by atoms with E-state index in [2.05, 4.69) is 12.2 Å². The summed E-state index contributed by atoms with van der Waals surface area (Å²) < 4.78 is 24.3. The van der Waals surface area contributed by atoms with Crippen molar-refractivity contribution in [3.05, 3.63) is 29.6 Å². The van der Waals surface area contributed by atoms with Crippen LogP contribution in [0.15, 0.2) is 18.2 Å². The number of methoxy groups -OCH3 is 1. The Hall–Kier alpha value is -1.13. The van der Waals surface area contributed by atoms with Crippen molar-refractivity contribution in [2.24, 2.45) is 5.92 Å². The largest absolute Gasteiger partial charge is 0.494 e. The predicted molar refractivity (Wildman–Crippen MR) is 72.9 cm³/mol. The number of rotatable bonds is 6. The SMILES string of the molecule is CCCNC(c1ccc(OC)c(F)c1)C1CCOC1. The van der Waals surface area contributed by atoms with Gasteiger partial charge in [-0.3, -0.25) is 0 Å². The van der Waals surface area contributed by atoms with Gasteiger partial charge in [-0.1, -0.05) is 13.0 Å². The molecule has 0 spiro atoms. The minimum absolute atomic E-state index is 0.155. The first-order chi connectivity index (χ1) is 9.26. The molecule has 0 amide bonds. The zero-order valence-electron chi connectivity index (χ0n) is 11.6. The van der Waals surface area contributed by atoms with Gasteiger partial charge in [-0.15, -0.1) is 0 Å². The highest BCUT2D eigenvalue weighted by molar-refractivity contribution is 5.31. The highest BCUT2D eigenvalue weighted by Gasteiger charge is 2.27. The fourth-order valence-electron chi connectivity index (χ4n) is 2.55. The number of nitrogens with one attached hydrogen (secondary N) is 1. The summed E-state index contributed by atoms with van der Waals surface area (Å²) in [6, 6.07) is 5.36. The topological polar surface area (TPSA) is 30.5 Å². The van der Waals surface area contributed by atoms with E-state index in [-0.39, 0.29) is 11.9 Å². The summed E-state index contributed by atoms with van der Waals surface area (Å²) in [6.45, 7) is 4.60. The lowest BCUT2D eigenvalue weighted by atomic mass is 9.92. The summed E-state index contributed by atoms with van der Waals surface area (Å²) in [5.41, 5.74) is 0.974. The molecule has 3 nitrogen and oxygen atoms in total. The molecule has 1 saturated heterocycles. The van der Waals surface area contributed by atoms with Crippen LogP contribution in [0.25, 0.3) is 0 Å². The summed E-state index contributed by atoms with van der Waals surface area (Å²) in [7, 11) is 1.48. The summed E-state index contributed by atoms with van der Waals surface area (Å²) in [5.74, 6) is 0.405. The van der Waals surface area contributed by atoms with Crippen LogP contribution in [-0.4, -0.2) is 26.9 Å². The summed E-state index contributed by atoms with van der Waals surface area (Å²) in [4.78, 5) is 0. The number of hydrogen-bond acceptors (Lipinski definition) is 3. The van der Waals surface area contributed by atoms with E-state index in [0.29, 0.717) is 11.7 Å². The molecule has 1 N–H and O–H groups in total.